The van der Waals surface area contributed by atoms with Crippen molar-refractivity contribution in [3.05, 3.63) is 52.3 Å². The van der Waals surface area contributed by atoms with Crippen LogP contribution < -0.4 is 5.32 Å². The summed E-state index contributed by atoms with van der Waals surface area (Å²) in [6.07, 6.45) is 6.35. The second-order valence-corrected chi connectivity index (χ2v) is 7.81. The fraction of sp³-hybridized carbons (Fsp3) is 0.455. The molecule has 148 valence electrons. The summed E-state index contributed by atoms with van der Waals surface area (Å²) in [4.78, 5) is 33.8. The van der Waals surface area contributed by atoms with E-state index in [1.165, 1.54) is 0 Å². The van der Waals surface area contributed by atoms with E-state index >= 15 is 0 Å². The summed E-state index contributed by atoms with van der Waals surface area (Å²) < 4.78 is 0. The summed E-state index contributed by atoms with van der Waals surface area (Å²) in [6.45, 7) is 4.13. The van der Waals surface area contributed by atoms with Crippen molar-refractivity contribution in [3.63, 3.8) is 0 Å². The van der Waals surface area contributed by atoms with Gasteiger partial charge in [0.2, 0.25) is 11.9 Å². The number of ketones is 1. The lowest BCUT2D eigenvalue weighted by Crippen LogP contribution is -2.25. The Bertz CT molecular complexity index is 851. The first-order valence-electron chi connectivity index (χ1n) is 9.97. The van der Waals surface area contributed by atoms with E-state index in [1.807, 2.05) is 31.2 Å². The molecule has 0 aliphatic heterocycles. The molecule has 1 aromatic carbocycles. The number of benzene rings is 1. The normalized spacial score (nSPS) is 17.1. The Morgan fingerprint density at radius 3 is 2.68 bits per heavy atom. The van der Waals surface area contributed by atoms with Crippen LogP contribution in [0.1, 0.15) is 73.5 Å². The predicted octanol–water partition coefficient (Wildman–Crippen LogP) is 5.20. The van der Waals surface area contributed by atoms with Crippen molar-refractivity contribution in [1.82, 2.24) is 9.97 Å². The molecule has 1 aromatic heterocycles. The maximum Gasteiger partial charge on any atom is 0.229 e. The van der Waals surface area contributed by atoms with Crippen molar-refractivity contribution in [3.8, 4) is 0 Å². The molecule has 0 spiro atoms. The zero-order valence-corrected chi connectivity index (χ0v) is 17.1. The quantitative estimate of drug-likeness (QED) is 0.694. The first-order chi connectivity index (χ1) is 13.5. The third kappa shape index (κ3) is 4.76. The SMILES string of the molecule is CCCC[C@@H](CC)C(=O)Nc1ncc2c(n1)C[C@H](c1ccc(Cl)cc1)CC2=O. The lowest BCUT2D eigenvalue weighted by atomic mass is 9.82. The Labute approximate surface area is 170 Å². The third-order valence-electron chi connectivity index (χ3n) is 5.39. The van der Waals surface area contributed by atoms with Gasteiger partial charge >= 0.3 is 0 Å². The second kappa shape index (κ2) is 9.28. The molecular formula is C22H26ClN3O2. The molecule has 1 heterocycles. The van der Waals surface area contributed by atoms with E-state index in [4.69, 9.17) is 11.6 Å². The largest absolute Gasteiger partial charge is 0.294 e. The predicted molar refractivity (Wildman–Crippen MR) is 111 cm³/mol. The van der Waals surface area contributed by atoms with Crippen LogP contribution in [0.5, 0.6) is 0 Å². The van der Waals surface area contributed by atoms with Crippen LogP contribution in [0.2, 0.25) is 5.02 Å². The van der Waals surface area contributed by atoms with Gasteiger partial charge in [-0.2, -0.15) is 0 Å². The molecule has 3 rings (SSSR count). The first kappa shape index (κ1) is 20.5. The van der Waals surface area contributed by atoms with Crippen molar-refractivity contribution in [2.75, 3.05) is 5.32 Å². The number of carbonyl (C=O) groups is 2. The van der Waals surface area contributed by atoms with E-state index in [-0.39, 0.29) is 29.5 Å². The van der Waals surface area contributed by atoms with Crippen molar-refractivity contribution in [1.29, 1.82) is 0 Å². The molecule has 0 fully saturated rings. The second-order valence-electron chi connectivity index (χ2n) is 7.37. The van der Waals surface area contributed by atoms with Crippen LogP contribution in [0.15, 0.2) is 30.5 Å². The van der Waals surface area contributed by atoms with E-state index in [0.717, 1.165) is 31.2 Å². The van der Waals surface area contributed by atoms with E-state index in [0.29, 0.717) is 29.1 Å². The zero-order chi connectivity index (χ0) is 20.1. The molecule has 1 amide bonds. The number of nitrogens with one attached hydrogen (secondary N) is 1. The maximum absolute atomic E-state index is 12.5. The molecule has 0 bridgehead atoms. The van der Waals surface area contributed by atoms with Crippen molar-refractivity contribution >= 4 is 29.2 Å². The Morgan fingerprint density at radius 2 is 2.00 bits per heavy atom. The molecule has 0 saturated carbocycles. The Morgan fingerprint density at radius 1 is 1.25 bits per heavy atom. The van der Waals surface area contributed by atoms with Gasteiger partial charge in [0.15, 0.2) is 5.78 Å². The number of carbonyl (C=O) groups excluding carboxylic acids is 2. The number of halogens is 1. The lowest BCUT2D eigenvalue weighted by Gasteiger charge is -2.23. The van der Waals surface area contributed by atoms with Gasteiger partial charge in [-0.05, 0) is 42.9 Å². The highest BCUT2D eigenvalue weighted by Crippen LogP contribution is 2.32. The monoisotopic (exact) mass is 399 g/mol. The van der Waals surface area contributed by atoms with Crippen LogP contribution in [-0.2, 0) is 11.2 Å². The summed E-state index contributed by atoms with van der Waals surface area (Å²) in [6, 6.07) is 7.58. The summed E-state index contributed by atoms with van der Waals surface area (Å²) in [5.41, 5.74) is 2.32. The van der Waals surface area contributed by atoms with Gasteiger partial charge in [0.05, 0.1) is 11.3 Å². The fourth-order valence-electron chi connectivity index (χ4n) is 3.66. The number of hydrogen-bond donors (Lipinski definition) is 1. The molecule has 1 aliphatic carbocycles. The van der Waals surface area contributed by atoms with Crippen LogP contribution in [0.25, 0.3) is 0 Å². The molecule has 2 aromatic rings. The van der Waals surface area contributed by atoms with Gasteiger partial charge < -0.3 is 0 Å². The lowest BCUT2D eigenvalue weighted by molar-refractivity contribution is -0.120. The highest BCUT2D eigenvalue weighted by Gasteiger charge is 2.28. The first-order valence-corrected chi connectivity index (χ1v) is 10.3. The molecule has 6 heteroatoms. The number of nitrogens with zero attached hydrogens (tertiary/aromatic N) is 2. The summed E-state index contributed by atoms with van der Waals surface area (Å²) in [5.74, 6) is 0.288. The number of Topliss-reactive ketones (excluding diaryl/α,β-unsaturated/α-hetero) is 1. The Balaban J connectivity index is 1.76. The Hall–Kier alpha value is -2.27. The van der Waals surface area contributed by atoms with Crippen molar-refractivity contribution in [2.24, 2.45) is 5.92 Å². The average molecular weight is 400 g/mol. The number of aromatic nitrogens is 2. The topological polar surface area (TPSA) is 72.0 Å². The molecule has 0 radical (unpaired) electrons. The van der Waals surface area contributed by atoms with Crippen molar-refractivity contribution in [2.45, 2.75) is 58.3 Å². The van der Waals surface area contributed by atoms with E-state index in [1.54, 1.807) is 6.20 Å². The minimum atomic E-state index is -0.0488. The number of rotatable bonds is 7. The van der Waals surface area contributed by atoms with Crippen molar-refractivity contribution < 1.29 is 9.59 Å². The van der Waals surface area contributed by atoms with Crippen LogP contribution in [0.3, 0.4) is 0 Å². The molecule has 0 saturated heterocycles. The molecule has 0 unspecified atom stereocenters. The number of anilines is 1. The number of amides is 1. The molecule has 5 nitrogen and oxygen atoms in total. The average Bonchev–Trinajstić information content (AvgIpc) is 2.69. The van der Waals surface area contributed by atoms with Gasteiger partial charge in [0.1, 0.15) is 0 Å². The van der Waals surface area contributed by atoms with Gasteiger partial charge in [0, 0.05) is 23.6 Å². The molecule has 1 N–H and O–H groups in total. The van der Waals surface area contributed by atoms with E-state index < -0.39 is 0 Å². The standard InChI is InChI=1S/C22H26ClN3O2/c1-3-5-6-14(4-2)21(28)26-22-24-13-18-19(25-22)11-16(12-20(18)27)15-7-9-17(23)10-8-15/h7-10,13-14,16H,3-6,11-12H2,1-2H3,(H,24,25,26,28)/t14-,16+/m1/s1. The minimum Gasteiger partial charge on any atom is -0.294 e. The van der Waals surface area contributed by atoms with Crippen LogP contribution >= 0.6 is 11.6 Å². The Kier molecular flexibility index (Phi) is 6.79. The van der Waals surface area contributed by atoms with E-state index in [9.17, 15) is 9.59 Å². The van der Waals surface area contributed by atoms with Gasteiger partial charge in [-0.25, -0.2) is 9.97 Å². The smallest absolute Gasteiger partial charge is 0.229 e. The fourth-order valence-corrected chi connectivity index (χ4v) is 3.79. The summed E-state index contributed by atoms with van der Waals surface area (Å²) >= 11 is 5.97. The number of hydrogen-bond acceptors (Lipinski definition) is 4. The summed E-state index contributed by atoms with van der Waals surface area (Å²) in [7, 11) is 0. The van der Waals surface area contributed by atoms with Crippen LogP contribution in [-0.4, -0.2) is 21.7 Å². The van der Waals surface area contributed by atoms with Crippen LogP contribution in [0.4, 0.5) is 5.95 Å². The van der Waals surface area contributed by atoms with Crippen LogP contribution in [0, 0.1) is 5.92 Å². The van der Waals surface area contributed by atoms with Gasteiger partial charge in [0.25, 0.3) is 0 Å². The zero-order valence-electron chi connectivity index (χ0n) is 16.4. The minimum absolute atomic E-state index is 0.0356. The molecular weight excluding hydrogens is 374 g/mol. The molecule has 1 aliphatic rings. The third-order valence-corrected chi connectivity index (χ3v) is 5.64. The highest BCUT2D eigenvalue weighted by atomic mass is 35.5. The van der Waals surface area contributed by atoms with Gasteiger partial charge in [-0.15, -0.1) is 0 Å². The number of unbranched alkanes of at least 4 members (excludes halogenated alkanes) is 1. The van der Waals surface area contributed by atoms with E-state index in [2.05, 4.69) is 22.2 Å². The molecule has 2 atom stereocenters. The number of fused-ring (bicyclic) bond motifs is 1. The van der Waals surface area contributed by atoms with Gasteiger partial charge in [-0.1, -0.05) is 50.4 Å². The summed E-state index contributed by atoms with van der Waals surface area (Å²) in [5, 5.41) is 3.51. The highest BCUT2D eigenvalue weighted by molar-refractivity contribution is 6.30. The maximum atomic E-state index is 12.5. The van der Waals surface area contributed by atoms with Gasteiger partial charge in [-0.3, -0.25) is 14.9 Å². The molecule has 28 heavy (non-hydrogen) atoms.